The SMILES string of the molecule is COC1CCCC1n1c(N)nc2ccc(C)cc21. The molecule has 2 atom stereocenters. The van der Waals surface area contributed by atoms with Crippen LogP contribution in [0.2, 0.25) is 0 Å². The normalized spacial score (nSPS) is 23.9. The van der Waals surface area contributed by atoms with Crippen molar-refractivity contribution in [1.29, 1.82) is 0 Å². The Hall–Kier alpha value is -1.55. The second-order valence-corrected chi connectivity index (χ2v) is 5.10. The van der Waals surface area contributed by atoms with Gasteiger partial charge in [-0.2, -0.15) is 0 Å². The Balaban J connectivity index is 2.15. The number of aromatic nitrogens is 2. The fourth-order valence-electron chi connectivity index (χ4n) is 3.05. The number of aryl methyl sites for hydroxylation is 1. The first-order valence-electron chi connectivity index (χ1n) is 6.47. The highest BCUT2D eigenvalue weighted by molar-refractivity contribution is 5.79. The van der Waals surface area contributed by atoms with Gasteiger partial charge in [0.2, 0.25) is 5.95 Å². The summed E-state index contributed by atoms with van der Waals surface area (Å²) in [5, 5.41) is 0. The number of nitrogen functional groups attached to an aromatic ring is 1. The van der Waals surface area contributed by atoms with E-state index in [9.17, 15) is 0 Å². The number of hydrogen-bond acceptors (Lipinski definition) is 3. The average Bonchev–Trinajstić information content (AvgIpc) is 2.91. The van der Waals surface area contributed by atoms with Crippen LogP contribution in [-0.4, -0.2) is 22.8 Å². The van der Waals surface area contributed by atoms with Crippen LogP contribution in [0.15, 0.2) is 18.2 Å². The van der Waals surface area contributed by atoms with E-state index in [1.165, 1.54) is 12.0 Å². The molecule has 1 heterocycles. The second kappa shape index (κ2) is 4.28. The van der Waals surface area contributed by atoms with Gasteiger partial charge >= 0.3 is 0 Å². The molecule has 4 heteroatoms. The van der Waals surface area contributed by atoms with Crippen LogP contribution in [0, 0.1) is 6.92 Å². The summed E-state index contributed by atoms with van der Waals surface area (Å²) in [7, 11) is 1.78. The number of rotatable bonds is 2. The van der Waals surface area contributed by atoms with Crippen molar-refractivity contribution >= 4 is 17.0 Å². The topological polar surface area (TPSA) is 53.1 Å². The molecule has 18 heavy (non-hydrogen) atoms. The van der Waals surface area contributed by atoms with Crippen molar-refractivity contribution in [3.05, 3.63) is 23.8 Å². The van der Waals surface area contributed by atoms with Gasteiger partial charge in [-0.05, 0) is 43.9 Å². The molecule has 1 saturated carbocycles. The third-order valence-corrected chi connectivity index (χ3v) is 3.92. The summed E-state index contributed by atoms with van der Waals surface area (Å²) in [6.07, 6.45) is 3.66. The molecule has 1 fully saturated rings. The molecular weight excluding hydrogens is 226 g/mol. The van der Waals surface area contributed by atoms with E-state index in [0.717, 1.165) is 23.9 Å². The molecule has 2 aromatic rings. The molecule has 2 unspecified atom stereocenters. The van der Waals surface area contributed by atoms with Crippen LogP contribution in [-0.2, 0) is 4.74 Å². The lowest BCUT2D eigenvalue weighted by atomic mass is 10.1. The Morgan fingerprint density at radius 3 is 3.00 bits per heavy atom. The molecule has 1 aliphatic rings. The molecule has 0 saturated heterocycles. The Bertz CT molecular complexity index is 576. The molecule has 0 radical (unpaired) electrons. The minimum absolute atomic E-state index is 0.255. The number of nitrogens with zero attached hydrogens (tertiary/aromatic N) is 2. The lowest BCUT2D eigenvalue weighted by Gasteiger charge is -2.21. The Kier molecular flexibility index (Phi) is 2.74. The average molecular weight is 245 g/mol. The van der Waals surface area contributed by atoms with Crippen LogP contribution in [0.4, 0.5) is 5.95 Å². The number of methoxy groups -OCH3 is 1. The number of fused-ring (bicyclic) bond motifs is 1. The fraction of sp³-hybridized carbons (Fsp3) is 0.500. The summed E-state index contributed by atoms with van der Waals surface area (Å²) in [5.41, 5.74) is 9.43. The van der Waals surface area contributed by atoms with Crippen LogP contribution in [0.5, 0.6) is 0 Å². The van der Waals surface area contributed by atoms with Crippen LogP contribution >= 0.6 is 0 Å². The van der Waals surface area contributed by atoms with Gasteiger partial charge in [0, 0.05) is 7.11 Å². The maximum Gasteiger partial charge on any atom is 0.201 e. The maximum absolute atomic E-state index is 6.10. The molecule has 0 bridgehead atoms. The zero-order valence-electron chi connectivity index (χ0n) is 10.9. The van der Waals surface area contributed by atoms with Crippen molar-refractivity contribution in [2.24, 2.45) is 0 Å². The number of anilines is 1. The number of imidazole rings is 1. The Labute approximate surface area is 107 Å². The van der Waals surface area contributed by atoms with Gasteiger partial charge in [-0.15, -0.1) is 0 Å². The molecule has 1 aromatic carbocycles. The van der Waals surface area contributed by atoms with Crippen molar-refractivity contribution in [3.8, 4) is 0 Å². The summed E-state index contributed by atoms with van der Waals surface area (Å²) in [4.78, 5) is 4.45. The van der Waals surface area contributed by atoms with E-state index in [1.807, 2.05) is 6.07 Å². The van der Waals surface area contributed by atoms with Crippen molar-refractivity contribution in [2.75, 3.05) is 12.8 Å². The highest BCUT2D eigenvalue weighted by Gasteiger charge is 2.31. The first-order valence-corrected chi connectivity index (χ1v) is 6.47. The first-order chi connectivity index (χ1) is 8.70. The molecule has 0 spiro atoms. The van der Waals surface area contributed by atoms with Crippen molar-refractivity contribution < 1.29 is 4.74 Å². The molecule has 2 N–H and O–H groups in total. The molecule has 0 amide bonds. The van der Waals surface area contributed by atoms with E-state index >= 15 is 0 Å². The van der Waals surface area contributed by atoms with Gasteiger partial charge in [0.1, 0.15) is 0 Å². The summed E-state index contributed by atoms with van der Waals surface area (Å²) >= 11 is 0. The molecular formula is C14H19N3O. The summed E-state index contributed by atoms with van der Waals surface area (Å²) < 4.78 is 7.73. The van der Waals surface area contributed by atoms with Crippen molar-refractivity contribution in [1.82, 2.24) is 9.55 Å². The minimum atomic E-state index is 0.255. The fourth-order valence-corrected chi connectivity index (χ4v) is 3.05. The highest BCUT2D eigenvalue weighted by atomic mass is 16.5. The monoisotopic (exact) mass is 245 g/mol. The van der Waals surface area contributed by atoms with Crippen molar-refractivity contribution in [2.45, 2.75) is 38.3 Å². The van der Waals surface area contributed by atoms with Gasteiger partial charge in [-0.1, -0.05) is 6.07 Å². The van der Waals surface area contributed by atoms with E-state index in [-0.39, 0.29) is 6.10 Å². The predicted octanol–water partition coefficient (Wildman–Crippen LogP) is 2.67. The van der Waals surface area contributed by atoms with Gasteiger partial charge in [0.25, 0.3) is 0 Å². The quantitative estimate of drug-likeness (QED) is 0.885. The van der Waals surface area contributed by atoms with E-state index in [1.54, 1.807) is 7.11 Å². The smallest absolute Gasteiger partial charge is 0.201 e. The summed E-state index contributed by atoms with van der Waals surface area (Å²) in [5.74, 6) is 0.601. The molecule has 1 aliphatic carbocycles. The van der Waals surface area contributed by atoms with Gasteiger partial charge in [0.05, 0.1) is 23.2 Å². The third kappa shape index (κ3) is 1.68. The van der Waals surface area contributed by atoms with E-state index in [0.29, 0.717) is 12.0 Å². The Morgan fingerprint density at radius 2 is 2.22 bits per heavy atom. The first kappa shape index (κ1) is 11.5. The maximum atomic E-state index is 6.10. The predicted molar refractivity (Wildman–Crippen MR) is 72.6 cm³/mol. The molecule has 3 rings (SSSR count). The van der Waals surface area contributed by atoms with Gasteiger partial charge in [-0.25, -0.2) is 4.98 Å². The van der Waals surface area contributed by atoms with Crippen LogP contribution in [0.3, 0.4) is 0 Å². The van der Waals surface area contributed by atoms with Gasteiger partial charge in [0.15, 0.2) is 0 Å². The zero-order chi connectivity index (χ0) is 12.7. The zero-order valence-corrected chi connectivity index (χ0v) is 10.9. The minimum Gasteiger partial charge on any atom is -0.379 e. The standard InChI is InChI=1S/C14H19N3O/c1-9-6-7-10-12(8-9)17(14(15)16-10)11-4-3-5-13(11)18-2/h6-8,11,13H,3-5H2,1-2H3,(H2,15,16). The number of benzene rings is 1. The van der Waals surface area contributed by atoms with Gasteiger partial charge < -0.3 is 15.0 Å². The number of hydrogen-bond donors (Lipinski definition) is 1. The van der Waals surface area contributed by atoms with Crippen LogP contribution in [0.25, 0.3) is 11.0 Å². The largest absolute Gasteiger partial charge is 0.379 e. The lowest BCUT2D eigenvalue weighted by molar-refractivity contribution is 0.0768. The molecule has 1 aromatic heterocycles. The third-order valence-electron chi connectivity index (χ3n) is 3.92. The van der Waals surface area contributed by atoms with Crippen molar-refractivity contribution in [3.63, 3.8) is 0 Å². The number of nitrogens with two attached hydrogens (primary N) is 1. The van der Waals surface area contributed by atoms with E-state index in [2.05, 4.69) is 28.6 Å². The van der Waals surface area contributed by atoms with Crippen LogP contribution < -0.4 is 5.73 Å². The second-order valence-electron chi connectivity index (χ2n) is 5.10. The highest BCUT2D eigenvalue weighted by Crippen LogP contribution is 2.36. The van der Waals surface area contributed by atoms with E-state index in [4.69, 9.17) is 10.5 Å². The van der Waals surface area contributed by atoms with Crippen LogP contribution in [0.1, 0.15) is 30.9 Å². The Morgan fingerprint density at radius 1 is 1.39 bits per heavy atom. The molecule has 0 aliphatic heterocycles. The summed E-state index contributed by atoms with van der Waals surface area (Å²) in [6, 6.07) is 6.58. The number of ether oxygens (including phenoxy) is 1. The van der Waals surface area contributed by atoms with E-state index < -0.39 is 0 Å². The molecule has 4 nitrogen and oxygen atoms in total. The molecule has 96 valence electrons. The summed E-state index contributed by atoms with van der Waals surface area (Å²) in [6.45, 7) is 2.09. The van der Waals surface area contributed by atoms with Gasteiger partial charge in [-0.3, -0.25) is 0 Å². The lowest BCUT2D eigenvalue weighted by Crippen LogP contribution is -2.21.